The first kappa shape index (κ1) is 16.4. The lowest BCUT2D eigenvalue weighted by Gasteiger charge is -2.16. The smallest absolute Gasteiger partial charge is 0.270 e. The molecule has 24 heavy (non-hydrogen) atoms. The van der Waals surface area contributed by atoms with Gasteiger partial charge in [-0.2, -0.15) is 0 Å². The number of hydrogen-bond acceptors (Lipinski definition) is 6. The highest BCUT2D eigenvalue weighted by Crippen LogP contribution is 2.32. The molecule has 0 aliphatic carbocycles. The van der Waals surface area contributed by atoms with Crippen LogP contribution in [-0.2, 0) is 4.79 Å². The van der Waals surface area contributed by atoms with E-state index in [1.54, 1.807) is 18.0 Å². The number of carbonyl (C=O) groups is 1. The quantitative estimate of drug-likeness (QED) is 0.391. The Hall–Kier alpha value is -2.45. The van der Waals surface area contributed by atoms with Crippen molar-refractivity contribution >= 4 is 50.6 Å². The molecule has 3 aromatic rings. The van der Waals surface area contributed by atoms with Crippen LogP contribution in [0.3, 0.4) is 0 Å². The van der Waals surface area contributed by atoms with E-state index < -0.39 is 4.92 Å². The minimum absolute atomic E-state index is 0.0311. The number of amides is 1. The predicted molar refractivity (Wildman–Crippen MR) is 96.9 cm³/mol. The first-order valence-corrected chi connectivity index (χ1v) is 8.84. The van der Waals surface area contributed by atoms with Crippen LogP contribution in [0, 0.1) is 10.1 Å². The molecule has 0 unspecified atom stereocenters. The molecule has 8 heteroatoms. The monoisotopic (exact) mass is 359 g/mol. The second-order valence-electron chi connectivity index (χ2n) is 4.97. The van der Waals surface area contributed by atoms with Crippen molar-refractivity contribution < 1.29 is 9.72 Å². The zero-order chi connectivity index (χ0) is 17.1. The van der Waals surface area contributed by atoms with Gasteiger partial charge >= 0.3 is 0 Å². The van der Waals surface area contributed by atoms with Crippen LogP contribution in [0.25, 0.3) is 10.2 Å². The lowest BCUT2D eigenvalue weighted by Crippen LogP contribution is -2.27. The van der Waals surface area contributed by atoms with E-state index in [4.69, 9.17) is 0 Å². The summed E-state index contributed by atoms with van der Waals surface area (Å²) in [4.78, 5) is 28.7. The average molecular weight is 359 g/mol. The summed E-state index contributed by atoms with van der Waals surface area (Å²) < 4.78 is 1.47. The Morgan fingerprint density at radius 3 is 2.75 bits per heavy atom. The van der Waals surface area contributed by atoms with Gasteiger partial charge in [-0.15, -0.1) is 11.3 Å². The van der Waals surface area contributed by atoms with Crippen molar-refractivity contribution in [2.75, 3.05) is 17.7 Å². The van der Waals surface area contributed by atoms with Crippen molar-refractivity contribution in [2.24, 2.45) is 0 Å². The Labute approximate surface area is 146 Å². The molecule has 0 aliphatic rings. The van der Waals surface area contributed by atoms with E-state index in [1.807, 2.05) is 30.3 Å². The van der Waals surface area contributed by atoms with E-state index in [9.17, 15) is 14.9 Å². The molecule has 0 saturated heterocycles. The summed E-state index contributed by atoms with van der Waals surface area (Å²) in [5.74, 6) is 0.226. The third-order valence-corrected chi connectivity index (χ3v) is 5.55. The molecule has 0 aliphatic heterocycles. The first-order chi connectivity index (χ1) is 11.5. The fraction of sp³-hybridized carbons (Fsp3) is 0.125. The molecule has 1 heterocycles. The molecular weight excluding hydrogens is 346 g/mol. The van der Waals surface area contributed by atoms with Crippen molar-refractivity contribution in [3.8, 4) is 0 Å². The Morgan fingerprint density at radius 1 is 1.29 bits per heavy atom. The van der Waals surface area contributed by atoms with Crippen LogP contribution in [0.4, 0.5) is 11.4 Å². The van der Waals surface area contributed by atoms with Crippen LogP contribution in [0.1, 0.15) is 0 Å². The Morgan fingerprint density at radius 2 is 2.04 bits per heavy atom. The van der Waals surface area contributed by atoms with Crippen LogP contribution < -0.4 is 4.90 Å². The van der Waals surface area contributed by atoms with Crippen LogP contribution in [0.2, 0.25) is 0 Å². The topological polar surface area (TPSA) is 76.3 Å². The molecule has 0 N–H and O–H groups in total. The molecule has 0 saturated carbocycles. The second kappa shape index (κ2) is 6.98. The summed E-state index contributed by atoms with van der Waals surface area (Å²) >= 11 is 2.69. The number of fused-ring (bicyclic) bond motifs is 1. The number of anilines is 1. The molecule has 0 bridgehead atoms. The number of thiazole rings is 1. The minimum Gasteiger partial charge on any atom is -0.315 e. The van der Waals surface area contributed by atoms with Gasteiger partial charge in [0.2, 0.25) is 5.91 Å². The maximum atomic E-state index is 12.3. The van der Waals surface area contributed by atoms with Gasteiger partial charge in [0.1, 0.15) is 0 Å². The largest absolute Gasteiger partial charge is 0.315 e. The summed E-state index contributed by atoms with van der Waals surface area (Å²) in [7, 11) is 1.74. The van der Waals surface area contributed by atoms with E-state index >= 15 is 0 Å². The van der Waals surface area contributed by atoms with Crippen molar-refractivity contribution in [3.63, 3.8) is 0 Å². The second-order valence-corrected chi connectivity index (χ2v) is 7.22. The van der Waals surface area contributed by atoms with Gasteiger partial charge in [-0.25, -0.2) is 4.98 Å². The Balaban J connectivity index is 1.69. The van der Waals surface area contributed by atoms with Gasteiger partial charge in [0, 0.05) is 24.9 Å². The Kier molecular flexibility index (Phi) is 4.77. The number of benzene rings is 2. The molecule has 0 spiro atoms. The standard InChI is InChI=1S/C16H13N3O3S2/c1-18(11-5-3-2-4-6-11)15(20)10-23-16-17-13-8-7-12(19(21)22)9-14(13)24-16/h2-9H,10H2,1H3. The highest BCUT2D eigenvalue weighted by molar-refractivity contribution is 8.01. The number of nitro groups is 1. The van der Waals surface area contributed by atoms with Crippen LogP contribution in [-0.4, -0.2) is 28.6 Å². The van der Waals surface area contributed by atoms with E-state index in [1.165, 1.54) is 35.2 Å². The first-order valence-electron chi connectivity index (χ1n) is 7.04. The molecule has 3 rings (SSSR count). The molecule has 122 valence electrons. The molecule has 1 amide bonds. The van der Waals surface area contributed by atoms with Gasteiger partial charge in [-0.05, 0) is 18.2 Å². The van der Waals surface area contributed by atoms with Crippen molar-refractivity contribution in [2.45, 2.75) is 4.34 Å². The molecule has 2 aromatic carbocycles. The lowest BCUT2D eigenvalue weighted by molar-refractivity contribution is -0.384. The van der Waals surface area contributed by atoms with E-state index in [0.29, 0.717) is 5.52 Å². The zero-order valence-electron chi connectivity index (χ0n) is 12.7. The molecule has 1 aromatic heterocycles. The van der Waals surface area contributed by atoms with E-state index in [-0.39, 0.29) is 17.3 Å². The number of hydrogen-bond donors (Lipinski definition) is 0. The predicted octanol–water partition coefficient (Wildman–Crippen LogP) is 3.96. The zero-order valence-corrected chi connectivity index (χ0v) is 14.3. The van der Waals surface area contributed by atoms with E-state index in [0.717, 1.165) is 14.7 Å². The number of para-hydroxylation sites is 1. The third-order valence-electron chi connectivity index (χ3n) is 3.40. The van der Waals surface area contributed by atoms with Gasteiger partial charge < -0.3 is 4.90 Å². The summed E-state index contributed by atoms with van der Waals surface area (Å²) in [5, 5.41) is 10.8. The molecule has 6 nitrogen and oxygen atoms in total. The number of carbonyl (C=O) groups excluding carboxylic acids is 1. The van der Waals surface area contributed by atoms with E-state index in [2.05, 4.69) is 4.98 Å². The van der Waals surface area contributed by atoms with Crippen LogP contribution >= 0.6 is 23.1 Å². The fourth-order valence-electron chi connectivity index (χ4n) is 2.08. The summed E-state index contributed by atoms with van der Waals surface area (Å²) in [5.41, 5.74) is 1.59. The van der Waals surface area contributed by atoms with Gasteiger partial charge in [0.05, 0.1) is 20.9 Å². The fourth-order valence-corrected chi connectivity index (χ4v) is 4.10. The van der Waals surface area contributed by atoms with Gasteiger partial charge in [0.15, 0.2) is 4.34 Å². The average Bonchev–Trinajstić information content (AvgIpc) is 3.01. The van der Waals surface area contributed by atoms with Crippen molar-refractivity contribution in [3.05, 3.63) is 58.6 Å². The molecule has 0 radical (unpaired) electrons. The van der Waals surface area contributed by atoms with Crippen molar-refractivity contribution in [1.82, 2.24) is 4.98 Å². The summed E-state index contributed by atoms with van der Waals surface area (Å²) in [6.45, 7) is 0. The SMILES string of the molecule is CN(C(=O)CSc1nc2ccc([N+](=O)[O-])cc2s1)c1ccccc1. The van der Waals surface area contributed by atoms with Gasteiger partial charge in [-0.3, -0.25) is 14.9 Å². The van der Waals surface area contributed by atoms with Gasteiger partial charge in [-0.1, -0.05) is 30.0 Å². The summed E-state index contributed by atoms with van der Waals surface area (Å²) in [6, 6.07) is 14.0. The van der Waals surface area contributed by atoms with Crippen LogP contribution in [0.5, 0.6) is 0 Å². The summed E-state index contributed by atoms with van der Waals surface area (Å²) in [6.07, 6.45) is 0. The lowest BCUT2D eigenvalue weighted by atomic mass is 10.3. The number of rotatable bonds is 5. The maximum absolute atomic E-state index is 12.3. The highest BCUT2D eigenvalue weighted by atomic mass is 32.2. The molecule has 0 fully saturated rings. The van der Waals surface area contributed by atoms with Crippen molar-refractivity contribution in [1.29, 1.82) is 0 Å². The highest BCUT2D eigenvalue weighted by Gasteiger charge is 2.14. The Bertz CT molecular complexity index is 896. The molecule has 0 atom stereocenters. The third kappa shape index (κ3) is 3.55. The van der Waals surface area contributed by atoms with Gasteiger partial charge in [0.25, 0.3) is 5.69 Å². The molecular formula is C16H13N3O3S2. The van der Waals surface area contributed by atoms with Crippen LogP contribution in [0.15, 0.2) is 52.9 Å². The maximum Gasteiger partial charge on any atom is 0.270 e. The minimum atomic E-state index is -0.426. The number of non-ortho nitro benzene ring substituents is 1. The number of thioether (sulfide) groups is 1. The number of nitro benzene ring substituents is 1. The normalized spacial score (nSPS) is 10.7. The number of nitrogens with zero attached hydrogens (tertiary/aromatic N) is 3. The number of aromatic nitrogens is 1.